The number of hydrogen-bond acceptors (Lipinski definition) is 5. The van der Waals surface area contributed by atoms with Crippen LogP contribution in [-0.2, 0) is 9.84 Å². The summed E-state index contributed by atoms with van der Waals surface area (Å²) in [5, 5.41) is 0. The molecule has 1 amide bonds. The highest BCUT2D eigenvalue weighted by atomic mass is 35.5. The van der Waals surface area contributed by atoms with E-state index >= 15 is 0 Å². The molecule has 0 unspecified atom stereocenters. The molecular formula is C19H31Cl2N5O3S. The van der Waals surface area contributed by atoms with Crippen LogP contribution >= 0.6 is 24.8 Å². The first-order valence-corrected chi connectivity index (χ1v) is 11.6. The van der Waals surface area contributed by atoms with Crippen LogP contribution in [0, 0.1) is 0 Å². The summed E-state index contributed by atoms with van der Waals surface area (Å²) >= 11 is 0. The van der Waals surface area contributed by atoms with Crippen LogP contribution in [0.15, 0.2) is 28.1 Å². The van der Waals surface area contributed by atoms with Crippen LogP contribution in [0.25, 0.3) is 0 Å². The predicted octanol–water partition coefficient (Wildman–Crippen LogP) is 1.80. The molecule has 0 saturated carbocycles. The number of aliphatic imine (C=N–C) groups is 1. The van der Waals surface area contributed by atoms with Crippen molar-refractivity contribution in [3.63, 3.8) is 0 Å². The number of piperidine rings is 2. The van der Waals surface area contributed by atoms with Gasteiger partial charge in [-0.05, 0) is 57.0 Å². The minimum absolute atomic E-state index is 0. The normalized spacial score (nSPS) is 18.1. The minimum Gasteiger partial charge on any atom is -0.370 e. The zero-order valence-corrected chi connectivity index (χ0v) is 19.6. The number of benzene rings is 1. The van der Waals surface area contributed by atoms with Gasteiger partial charge in [0.15, 0.2) is 15.8 Å². The topological polar surface area (TPSA) is 122 Å². The molecular weight excluding hydrogens is 449 g/mol. The Balaban J connectivity index is 0.00000225. The van der Waals surface area contributed by atoms with E-state index in [1.165, 1.54) is 38.4 Å². The van der Waals surface area contributed by atoms with E-state index in [4.69, 9.17) is 11.5 Å². The standard InChI is InChI=1S/C19H29N5O3S.2ClH/c1-28(26,27)17-13-14(18(25)22-19(20)21)5-6-16(17)24-11-7-15(8-12-24)23-9-3-2-4-10-23;;/h5-6,13,15H,2-4,7-12H2,1H3,(H4,20,21,22,25);2*1H. The lowest BCUT2D eigenvalue weighted by atomic mass is 9.99. The number of sulfone groups is 1. The molecule has 8 nitrogen and oxygen atoms in total. The first kappa shape index (κ1) is 26.5. The van der Waals surface area contributed by atoms with Crippen molar-refractivity contribution in [2.45, 2.75) is 43.0 Å². The van der Waals surface area contributed by atoms with Gasteiger partial charge < -0.3 is 21.3 Å². The average molecular weight is 480 g/mol. The number of rotatable bonds is 4. The van der Waals surface area contributed by atoms with Gasteiger partial charge in [-0.15, -0.1) is 24.8 Å². The van der Waals surface area contributed by atoms with Crippen LogP contribution in [0.4, 0.5) is 5.69 Å². The molecule has 1 aromatic carbocycles. The molecule has 0 bridgehead atoms. The van der Waals surface area contributed by atoms with Gasteiger partial charge in [0.25, 0.3) is 5.91 Å². The van der Waals surface area contributed by atoms with Crippen molar-refractivity contribution in [3.8, 4) is 0 Å². The SMILES string of the molecule is CS(=O)(=O)c1cc(C(=O)N=C(N)N)ccc1N1CCC(N2CCCCC2)CC1.Cl.Cl. The van der Waals surface area contributed by atoms with Gasteiger partial charge in [0, 0.05) is 31.0 Å². The number of amides is 1. The van der Waals surface area contributed by atoms with Crippen molar-refractivity contribution < 1.29 is 13.2 Å². The van der Waals surface area contributed by atoms with Gasteiger partial charge in [0.05, 0.1) is 10.6 Å². The second-order valence-electron chi connectivity index (χ2n) is 7.61. The second-order valence-corrected chi connectivity index (χ2v) is 9.60. The fourth-order valence-electron chi connectivity index (χ4n) is 4.14. The molecule has 2 heterocycles. The highest BCUT2D eigenvalue weighted by molar-refractivity contribution is 7.90. The summed E-state index contributed by atoms with van der Waals surface area (Å²) in [7, 11) is -3.52. The van der Waals surface area contributed by atoms with Crippen molar-refractivity contribution in [1.29, 1.82) is 0 Å². The molecule has 0 spiro atoms. The molecule has 2 aliphatic rings. The maximum atomic E-state index is 12.4. The Morgan fingerprint density at radius 2 is 1.63 bits per heavy atom. The molecule has 0 aliphatic carbocycles. The third-order valence-corrected chi connectivity index (χ3v) is 6.68. The zero-order valence-electron chi connectivity index (χ0n) is 17.1. The van der Waals surface area contributed by atoms with Crippen LogP contribution in [0.5, 0.6) is 0 Å². The molecule has 0 atom stereocenters. The largest absolute Gasteiger partial charge is 0.370 e. The molecule has 2 aliphatic heterocycles. The van der Waals surface area contributed by atoms with E-state index < -0.39 is 15.7 Å². The fraction of sp³-hybridized carbons (Fsp3) is 0.579. The van der Waals surface area contributed by atoms with Crippen molar-refractivity contribution >= 4 is 52.2 Å². The van der Waals surface area contributed by atoms with E-state index in [0.717, 1.165) is 32.2 Å². The summed E-state index contributed by atoms with van der Waals surface area (Å²) in [6.45, 7) is 3.93. The number of anilines is 1. The van der Waals surface area contributed by atoms with Crippen LogP contribution in [0.2, 0.25) is 0 Å². The van der Waals surface area contributed by atoms with Crippen LogP contribution in [0.1, 0.15) is 42.5 Å². The molecule has 1 aromatic rings. The Labute approximate surface area is 190 Å². The molecule has 4 N–H and O–H groups in total. The number of nitrogens with zero attached hydrogens (tertiary/aromatic N) is 3. The van der Waals surface area contributed by atoms with Gasteiger partial charge in [-0.25, -0.2) is 8.42 Å². The van der Waals surface area contributed by atoms with Crippen molar-refractivity contribution in [2.24, 2.45) is 16.5 Å². The number of halogens is 2. The third kappa shape index (κ3) is 6.47. The van der Waals surface area contributed by atoms with Crippen LogP contribution < -0.4 is 16.4 Å². The Hall–Kier alpha value is -1.55. The number of carbonyl (C=O) groups excluding carboxylic acids is 1. The minimum atomic E-state index is -3.52. The van der Waals surface area contributed by atoms with E-state index in [0.29, 0.717) is 11.7 Å². The molecule has 2 fully saturated rings. The van der Waals surface area contributed by atoms with Crippen molar-refractivity contribution in [3.05, 3.63) is 23.8 Å². The first-order valence-electron chi connectivity index (χ1n) is 9.73. The number of nitrogens with two attached hydrogens (primary N) is 2. The molecule has 2 saturated heterocycles. The highest BCUT2D eigenvalue weighted by Gasteiger charge is 2.28. The van der Waals surface area contributed by atoms with Crippen molar-refractivity contribution in [2.75, 3.05) is 37.3 Å². The van der Waals surface area contributed by atoms with E-state index in [-0.39, 0.29) is 41.2 Å². The molecule has 0 radical (unpaired) electrons. The van der Waals surface area contributed by atoms with Crippen LogP contribution in [-0.4, -0.2) is 63.7 Å². The van der Waals surface area contributed by atoms with E-state index in [1.54, 1.807) is 12.1 Å². The summed E-state index contributed by atoms with van der Waals surface area (Å²) < 4.78 is 24.7. The Bertz CT molecular complexity index is 861. The fourth-order valence-corrected chi connectivity index (χ4v) is 5.06. The summed E-state index contributed by atoms with van der Waals surface area (Å²) in [6.07, 6.45) is 7.03. The van der Waals surface area contributed by atoms with E-state index in [9.17, 15) is 13.2 Å². The Morgan fingerprint density at radius 3 is 2.17 bits per heavy atom. The Morgan fingerprint density at radius 1 is 1.03 bits per heavy atom. The monoisotopic (exact) mass is 479 g/mol. The smallest absolute Gasteiger partial charge is 0.280 e. The quantitative estimate of drug-likeness (QED) is 0.498. The van der Waals surface area contributed by atoms with E-state index in [1.807, 2.05) is 0 Å². The zero-order chi connectivity index (χ0) is 20.3. The summed E-state index contributed by atoms with van der Waals surface area (Å²) in [5.41, 5.74) is 11.3. The van der Waals surface area contributed by atoms with Gasteiger partial charge in [-0.3, -0.25) is 4.79 Å². The van der Waals surface area contributed by atoms with Gasteiger partial charge >= 0.3 is 0 Å². The number of carbonyl (C=O) groups is 1. The lowest BCUT2D eigenvalue weighted by molar-refractivity contribution is 0.100. The third-order valence-electron chi connectivity index (χ3n) is 5.55. The first-order chi connectivity index (χ1) is 13.3. The molecule has 30 heavy (non-hydrogen) atoms. The highest BCUT2D eigenvalue weighted by Crippen LogP contribution is 2.31. The number of hydrogen-bond donors (Lipinski definition) is 2. The molecule has 170 valence electrons. The van der Waals surface area contributed by atoms with Crippen molar-refractivity contribution in [1.82, 2.24) is 4.90 Å². The van der Waals surface area contributed by atoms with Gasteiger partial charge in [0.2, 0.25) is 0 Å². The lowest BCUT2D eigenvalue weighted by Crippen LogP contribution is -2.47. The summed E-state index contributed by atoms with van der Waals surface area (Å²) in [5.74, 6) is -1.00. The number of guanidine groups is 1. The van der Waals surface area contributed by atoms with Crippen LogP contribution in [0.3, 0.4) is 0 Å². The van der Waals surface area contributed by atoms with Gasteiger partial charge in [-0.2, -0.15) is 4.99 Å². The molecule has 0 aromatic heterocycles. The molecule has 11 heteroatoms. The van der Waals surface area contributed by atoms with E-state index in [2.05, 4.69) is 14.8 Å². The number of likely N-dealkylation sites (tertiary alicyclic amines) is 1. The predicted molar refractivity (Wildman–Crippen MR) is 125 cm³/mol. The second kappa shape index (κ2) is 11.2. The molecule has 3 rings (SSSR count). The summed E-state index contributed by atoms with van der Waals surface area (Å²) in [6, 6.07) is 5.21. The summed E-state index contributed by atoms with van der Waals surface area (Å²) in [4.78, 5) is 20.4. The van der Waals surface area contributed by atoms with Gasteiger partial charge in [0.1, 0.15) is 0 Å². The lowest BCUT2D eigenvalue weighted by Gasteiger charge is -2.41. The maximum absolute atomic E-state index is 12.4. The Kier molecular flexibility index (Phi) is 9.87. The average Bonchev–Trinajstić information content (AvgIpc) is 2.67. The maximum Gasteiger partial charge on any atom is 0.280 e. The van der Waals surface area contributed by atoms with Gasteiger partial charge in [-0.1, -0.05) is 6.42 Å².